The molecule has 11 heteroatoms. The van der Waals surface area contributed by atoms with Crippen LogP contribution in [0.2, 0.25) is 0 Å². The maximum absolute atomic E-state index is 13.4. The molecule has 4 N–H and O–H groups in total. The number of aromatic amines is 2. The summed E-state index contributed by atoms with van der Waals surface area (Å²) in [7, 11) is 0. The summed E-state index contributed by atoms with van der Waals surface area (Å²) in [5, 5.41) is 5.20. The van der Waals surface area contributed by atoms with Crippen molar-refractivity contribution in [3.63, 3.8) is 0 Å². The van der Waals surface area contributed by atoms with Crippen molar-refractivity contribution in [2.45, 2.75) is 18.2 Å². The molecule has 0 aliphatic heterocycles. The number of H-pyrrole nitrogens is 2. The van der Waals surface area contributed by atoms with E-state index < -0.39 is 23.4 Å². The molecule has 0 saturated carbocycles. The van der Waals surface area contributed by atoms with Crippen LogP contribution in [-0.2, 0) is 0 Å². The lowest BCUT2D eigenvalue weighted by atomic mass is 10.0. The van der Waals surface area contributed by atoms with Crippen LogP contribution in [0.5, 0.6) is 0 Å². The molecule has 1 unspecified atom stereocenters. The number of carbonyl (C=O) groups is 2. The van der Waals surface area contributed by atoms with E-state index in [1.54, 1.807) is 0 Å². The van der Waals surface area contributed by atoms with Crippen molar-refractivity contribution < 1.29 is 18.4 Å². The highest BCUT2D eigenvalue weighted by molar-refractivity contribution is 9.09. The van der Waals surface area contributed by atoms with E-state index in [-0.39, 0.29) is 33.2 Å². The molecule has 0 bridgehead atoms. The first kappa shape index (κ1) is 20.0. The molecule has 2 amide bonds. The molecule has 0 fully saturated rings. The molecule has 2 aromatic heterocycles. The molecular formula is C19H15BrF2N6O2. The molecule has 154 valence electrons. The van der Waals surface area contributed by atoms with Gasteiger partial charge in [-0.3, -0.25) is 14.9 Å². The van der Waals surface area contributed by atoms with E-state index in [9.17, 15) is 18.4 Å². The number of benzene rings is 1. The van der Waals surface area contributed by atoms with Crippen LogP contribution in [-0.4, -0.2) is 36.6 Å². The number of allylic oxidation sites excluding steroid dienone is 3. The third-order valence-corrected chi connectivity index (χ3v) is 5.15. The van der Waals surface area contributed by atoms with Crippen molar-refractivity contribution in [2.24, 2.45) is 0 Å². The fourth-order valence-electron chi connectivity index (χ4n) is 2.98. The Hall–Kier alpha value is -3.34. The van der Waals surface area contributed by atoms with E-state index in [4.69, 9.17) is 0 Å². The van der Waals surface area contributed by atoms with Crippen molar-refractivity contribution in [2.75, 3.05) is 5.32 Å². The second kappa shape index (κ2) is 7.82. The molecule has 1 aromatic carbocycles. The Morgan fingerprint density at radius 3 is 2.77 bits per heavy atom. The fourth-order valence-corrected chi connectivity index (χ4v) is 3.43. The first-order chi connectivity index (χ1) is 14.3. The molecule has 3 aromatic rings. The van der Waals surface area contributed by atoms with Crippen LogP contribution in [0.3, 0.4) is 0 Å². The summed E-state index contributed by atoms with van der Waals surface area (Å²) in [5.41, 5.74) is 1.70. The molecule has 4 rings (SSSR count). The predicted octanol–water partition coefficient (Wildman–Crippen LogP) is 3.54. The summed E-state index contributed by atoms with van der Waals surface area (Å²) in [4.78, 5) is 38.6. The van der Waals surface area contributed by atoms with E-state index in [0.29, 0.717) is 5.70 Å². The lowest BCUT2D eigenvalue weighted by Gasteiger charge is -2.16. The monoisotopic (exact) mass is 476 g/mol. The first-order valence-electron chi connectivity index (χ1n) is 8.85. The van der Waals surface area contributed by atoms with Gasteiger partial charge >= 0.3 is 0 Å². The Morgan fingerprint density at radius 2 is 1.97 bits per heavy atom. The van der Waals surface area contributed by atoms with E-state index in [1.165, 1.54) is 6.33 Å². The maximum Gasteiger partial charge on any atom is 0.276 e. The number of amides is 2. The van der Waals surface area contributed by atoms with Gasteiger partial charge < -0.3 is 15.3 Å². The summed E-state index contributed by atoms with van der Waals surface area (Å²) in [5.74, 6) is -3.37. The van der Waals surface area contributed by atoms with Gasteiger partial charge in [-0.05, 0) is 25.0 Å². The number of rotatable bonds is 4. The van der Waals surface area contributed by atoms with E-state index >= 15 is 0 Å². The molecule has 0 saturated heterocycles. The molecular weight excluding hydrogens is 462 g/mol. The number of anilines is 1. The molecule has 1 aliphatic carbocycles. The Bertz CT molecular complexity index is 1190. The van der Waals surface area contributed by atoms with Crippen LogP contribution < -0.4 is 10.6 Å². The average Bonchev–Trinajstić information content (AvgIpc) is 3.32. The summed E-state index contributed by atoms with van der Waals surface area (Å²) < 4.78 is 26.7. The molecule has 1 aliphatic rings. The molecule has 8 nitrogen and oxygen atoms in total. The summed E-state index contributed by atoms with van der Waals surface area (Å²) in [6.45, 7) is 1.87. The Balaban J connectivity index is 1.53. The SMILES string of the molecule is CC1=CCC(Br)C=C1NC(=O)c1nc[nH]c1C(=O)Nc1nc2cc(F)c(F)cc2[nH]1. The predicted molar refractivity (Wildman–Crippen MR) is 109 cm³/mol. The first-order valence-corrected chi connectivity index (χ1v) is 9.77. The van der Waals surface area contributed by atoms with Gasteiger partial charge in [-0.2, -0.15) is 0 Å². The molecule has 0 radical (unpaired) electrons. The number of fused-ring (bicyclic) bond motifs is 1. The van der Waals surface area contributed by atoms with Gasteiger partial charge in [0.05, 0.1) is 17.4 Å². The van der Waals surface area contributed by atoms with Crippen LogP contribution in [0.1, 0.15) is 34.3 Å². The Kier molecular flexibility index (Phi) is 5.20. The molecule has 30 heavy (non-hydrogen) atoms. The highest BCUT2D eigenvalue weighted by Crippen LogP contribution is 2.22. The lowest BCUT2D eigenvalue weighted by molar-refractivity contribution is 0.0946. The zero-order valence-corrected chi connectivity index (χ0v) is 17.1. The van der Waals surface area contributed by atoms with Gasteiger partial charge in [-0.15, -0.1) is 0 Å². The van der Waals surface area contributed by atoms with Gasteiger partial charge in [0.2, 0.25) is 5.95 Å². The highest BCUT2D eigenvalue weighted by Gasteiger charge is 2.23. The molecule has 1 atom stereocenters. The number of aromatic nitrogens is 4. The number of hydrogen-bond donors (Lipinski definition) is 4. The zero-order valence-electron chi connectivity index (χ0n) is 15.5. The summed E-state index contributed by atoms with van der Waals surface area (Å²) in [6, 6.07) is 1.85. The smallest absolute Gasteiger partial charge is 0.276 e. The number of halogens is 3. The van der Waals surface area contributed by atoms with Gasteiger partial charge in [0.15, 0.2) is 17.3 Å². The van der Waals surface area contributed by atoms with Crippen molar-refractivity contribution in [3.05, 3.63) is 64.9 Å². The normalized spacial score (nSPS) is 16.2. The van der Waals surface area contributed by atoms with Gasteiger partial charge in [0, 0.05) is 22.7 Å². The maximum atomic E-state index is 13.4. The van der Waals surface area contributed by atoms with Crippen LogP contribution in [0.4, 0.5) is 14.7 Å². The van der Waals surface area contributed by atoms with Crippen LogP contribution in [0.15, 0.2) is 41.9 Å². The average molecular weight is 477 g/mol. The number of alkyl halides is 1. The number of hydrogen-bond acceptors (Lipinski definition) is 4. The molecule has 0 spiro atoms. The number of carbonyl (C=O) groups excluding carboxylic acids is 2. The van der Waals surface area contributed by atoms with Crippen LogP contribution in [0, 0.1) is 11.6 Å². The summed E-state index contributed by atoms with van der Waals surface area (Å²) in [6.07, 6.45) is 5.89. The Labute approximate surface area is 177 Å². The van der Waals surface area contributed by atoms with Crippen LogP contribution in [0.25, 0.3) is 11.0 Å². The van der Waals surface area contributed by atoms with Gasteiger partial charge in [0.25, 0.3) is 11.8 Å². The largest absolute Gasteiger partial charge is 0.340 e. The second-order valence-electron chi connectivity index (χ2n) is 6.62. The van der Waals surface area contributed by atoms with Crippen LogP contribution >= 0.6 is 15.9 Å². The number of imidazole rings is 2. The van der Waals surface area contributed by atoms with E-state index in [0.717, 1.165) is 24.1 Å². The van der Waals surface area contributed by atoms with Crippen molar-refractivity contribution in [3.8, 4) is 0 Å². The van der Waals surface area contributed by atoms with Gasteiger partial charge in [-0.25, -0.2) is 18.7 Å². The standard InChI is InChI=1S/C19H15BrF2N6O2/c1-8-2-3-9(20)4-12(8)25-17(29)15-16(24-7-23-15)18(30)28-19-26-13-5-10(21)11(22)6-14(13)27-19/h2,4-7,9H,3H2,1H3,(H,23,24)(H,25,29)(H2,26,27,28,30). The minimum Gasteiger partial charge on any atom is -0.340 e. The zero-order chi connectivity index (χ0) is 21.4. The summed E-state index contributed by atoms with van der Waals surface area (Å²) >= 11 is 3.48. The van der Waals surface area contributed by atoms with Gasteiger partial charge in [0.1, 0.15) is 5.69 Å². The van der Waals surface area contributed by atoms with E-state index in [1.807, 2.05) is 19.1 Å². The number of nitrogens with zero attached hydrogens (tertiary/aromatic N) is 2. The van der Waals surface area contributed by atoms with Crippen molar-refractivity contribution >= 4 is 44.7 Å². The lowest BCUT2D eigenvalue weighted by Crippen LogP contribution is -2.28. The Morgan fingerprint density at radius 1 is 1.20 bits per heavy atom. The number of nitrogens with one attached hydrogen (secondary N) is 4. The minimum atomic E-state index is -1.05. The highest BCUT2D eigenvalue weighted by atomic mass is 79.9. The second-order valence-corrected chi connectivity index (χ2v) is 7.80. The topological polar surface area (TPSA) is 116 Å². The molecule has 2 heterocycles. The van der Waals surface area contributed by atoms with Gasteiger partial charge in [-0.1, -0.05) is 22.0 Å². The quantitative estimate of drug-likeness (QED) is 0.431. The van der Waals surface area contributed by atoms with Crippen molar-refractivity contribution in [1.82, 2.24) is 25.3 Å². The fraction of sp³-hybridized carbons (Fsp3) is 0.158. The third-order valence-electron chi connectivity index (χ3n) is 4.51. The van der Waals surface area contributed by atoms with Crippen molar-refractivity contribution in [1.29, 1.82) is 0 Å². The van der Waals surface area contributed by atoms with E-state index in [2.05, 4.69) is 46.5 Å². The minimum absolute atomic E-state index is 0.0307. The third kappa shape index (κ3) is 3.88.